The summed E-state index contributed by atoms with van der Waals surface area (Å²) in [6, 6.07) is 0. The van der Waals surface area contributed by atoms with Crippen LogP contribution in [0.5, 0.6) is 0 Å². The minimum atomic E-state index is -0.915. The van der Waals surface area contributed by atoms with Crippen LogP contribution >= 0.6 is 0 Å². The SMILES string of the molecule is O=C(CC1CCCNC1)NCC1CCC(C(=O)O)O1. The molecule has 2 aliphatic rings. The van der Waals surface area contributed by atoms with Crippen molar-refractivity contribution in [3.63, 3.8) is 0 Å². The van der Waals surface area contributed by atoms with Gasteiger partial charge >= 0.3 is 5.97 Å². The van der Waals surface area contributed by atoms with Gasteiger partial charge in [-0.3, -0.25) is 4.79 Å². The number of carbonyl (C=O) groups is 2. The van der Waals surface area contributed by atoms with Crippen LogP contribution in [0, 0.1) is 5.92 Å². The summed E-state index contributed by atoms with van der Waals surface area (Å²) in [7, 11) is 0. The van der Waals surface area contributed by atoms with Gasteiger partial charge in [0.05, 0.1) is 6.10 Å². The molecule has 2 fully saturated rings. The van der Waals surface area contributed by atoms with Crippen molar-refractivity contribution >= 4 is 11.9 Å². The number of aliphatic carboxylic acids is 1. The molecule has 3 N–H and O–H groups in total. The number of nitrogens with one attached hydrogen (secondary N) is 2. The number of hydrogen-bond acceptors (Lipinski definition) is 4. The number of carbonyl (C=O) groups excluding carboxylic acids is 1. The first kappa shape index (κ1) is 14.3. The third kappa shape index (κ3) is 4.47. The van der Waals surface area contributed by atoms with Crippen LogP contribution in [-0.2, 0) is 14.3 Å². The molecule has 0 bridgehead atoms. The first-order valence-corrected chi connectivity index (χ1v) is 7.01. The van der Waals surface area contributed by atoms with E-state index in [0.717, 1.165) is 25.9 Å². The molecular weight excluding hydrogens is 248 g/mol. The van der Waals surface area contributed by atoms with Crippen molar-refractivity contribution in [1.29, 1.82) is 0 Å². The molecule has 2 saturated heterocycles. The van der Waals surface area contributed by atoms with Crippen molar-refractivity contribution in [3.05, 3.63) is 0 Å². The molecule has 2 rings (SSSR count). The minimum absolute atomic E-state index is 0.0380. The van der Waals surface area contributed by atoms with E-state index >= 15 is 0 Å². The molecule has 0 aromatic carbocycles. The topological polar surface area (TPSA) is 87.7 Å². The molecule has 3 atom stereocenters. The molecule has 0 spiro atoms. The average molecular weight is 270 g/mol. The van der Waals surface area contributed by atoms with Crippen molar-refractivity contribution in [2.45, 2.75) is 44.3 Å². The van der Waals surface area contributed by atoms with Crippen LogP contribution in [0.3, 0.4) is 0 Å². The van der Waals surface area contributed by atoms with Crippen molar-refractivity contribution in [2.24, 2.45) is 5.92 Å². The molecule has 19 heavy (non-hydrogen) atoms. The van der Waals surface area contributed by atoms with Crippen LogP contribution in [0.25, 0.3) is 0 Å². The maximum atomic E-state index is 11.8. The first-order chi connectivity index (χ1) is 9.15. The highest BCUT2D eigenvalue weighted by molar-refractivity contribution is 5.76. The smallest absolute Gasteiger partial charge is 0.332 e. The van der Waals surface area contributed by atoms with Gasteiger partial charge in [-0.25, -0.2) is 4.79 Å². The summed E-state index contributed by atoms with van der Waals surface area (Å²) in [6.07, 6.45) is 3.14. The van der Waals surface area contributed by atoms with Crippen molar-refractivity contribution < 1.29 is 19.4 Å². The van der Waals surface area contributed by atoms with E-state index in [2.05, 4.69) is 10.6 Å². The second-order valence-corrected chi connectivity index (χ2v) is 5.38. The molecular formula is C13H22N2O4. The van der Waals surface area contributed by atoms with Gasteiger partial charge < -0.3 is 20.5 Å². The van der Waals surface area contributed by atoms with Gasteiger partial charge in [0.1, 0.15) is 0 Å². The Morgan fingerprint density at radius 1 is 1.32 bits per heavy atom. The Balaban J connectivity index is 1.62. The lowest BCUT2D eigenvalue weighted by Crippen LogP contribution is -2.37. The van der Waals surface area contributed by atoms with Crippen LogP contribution < -0.4 is 10.6 Å². The Bertz CT molecular complexity index is 329. The van der Waals surface area contributed by atoms with Crippen LogP contribution in [0.4, 0.5) is 0 Å². The molecule has 0 radical (unpaired) electrons. The van der Waals surface area contributed by atoms with Gasteiger partial charge in [0, 0.05) is 13.0 Å². The minimum Gasteiger partial charge on any atom is -0.479 e. The van der Waals surface area contributed by atoms with Crippen LogP contribution in [0.2, 0.25) is 0 Å². The van der Waals surface area contributed by atoms with E-state index in [1.807, 2.05) is 0 Å². The fourth-order valence-electron chi connectivity index (χ4n) is 2.70. The highest BCUT2D eigenvalue weighted by Crippen LogP contribution is 2.19. The zero-order valence-electron chi connectivity index (χ0n) is 11.1. The lowest BCUT2D eigenvalue weighted by atomic mass is 9.96. The second kappa shape index (κ2) is 6.86. The quantitative estimate of drug-likeness (QED) is 0.660. The molecule has 2 heterocycles. The maximum Gasteiger partial charge on any atom is 0.332 e. The number of piperidine rings is 1. The zero-order valence-corrected chi connectivity index (χ0v) is 11.1. The summed E-state index contributed by atoms with van der Waals surface area (Å²) in [5.41, 5.74) is 0. The average Bonchev–Trinajstić information content (AvgIpc) is 2.86. The van der Waals surface area contributed by atoms with Crippen LogP contribution in [0.1, 0.15) is 32.1 Å². The molecule has 1 amide bonds. The Labute approximate surface area is 112 Å². The Morgan fingerprint density at radius 3 is 2.79 bits per heavy atom. The standard InChI is InChI=1S/C13H22N2O4/c16-12(6-9-2-1-5-14-7-9)15-8-10-3-4-11(19-10)13(17)18/h9-11,14H,1-8H2,(H,15,16)(H,17,18). The van der Waals surface area contributed by atoms with Gasteiger partial charge in [-0.2, -0.15) is 0 Å². The zero-order chi connectivity index (χ0) is 13.7. The molecule has 3 unspecified atom stereocenters. The van der Waals surface area contributed by atoms with Gasteiger partial charge in [-0.15, -0.1) is 0 Å². The first-order valence-electron chi connectivity index (χ1n) is 7.01. The lowest BCUT2D eigenvalue weighted by molar-refractivity contribution is -0.149. The number of carboxylic acid groups (broad SMARTS) is 1. The third-order valence-corrected chi connectivity index (χ3v) is 3.78. The molecule has 0 aromatic rings. The van der Waals surface area contributed by atoms with E-state index < -0.39 is 12.1 Å². The predicted octanol–water partition coefficient (Wildman–Crippen LogP) is 0.125. The fraction of sp³-hybridized carbons (Fsp3) is 0.846. The Morgan fingerprint density at radius 2 is 2.16 bits per heavy atom. The van der Waals surface area contributed by atoms with Gasteiger partial charge in [-0.05, 0) is 44.7 Å². The highest BCUT2D eigenvalue weighted by Gasteiger charge is 2.30. The van der Waals surface area contributed by atoms with E-state index in [1.165, 1.54) is 0 Å². The number of carboxylic acids is 1. The molecule has 2 aliphatic heterocycles. The van der Waals surface area contributed by atoms with Crippen molar-refractivity contribution in [3.8, 4) is 0 Å². The number of ether oxygens (including phenoxy) is 1. The molecule has 6 heteroatoms. The normalized spacial score (nSPS) is 31.1. The van der Waals surface area contributed by atoms with E-state index in [0.29, 0.717) is 31.7 Å². The number of amides is 1. The highest BCUT2D eigenvalue weighted by atomic mass is 16.5. The largest absolute Gasteiger partial charge is 0.479 e. The lowest BCUT2D eigenvalue weighted by Gasteiger charge is -2.22. The maximum absolute atomic E-state index is 11.8. The summed E-state index contributed by atoms with van der Waals surface area (Å²) in [5.74, 6) is -0.455. The van der Waals surface area contributed by atoms with E-state index in [-0.39, 0.29) is 12.0 Å². The second-order valence-electron chi connectivity index (χ2n) is 5.38. The van der Waals surface area contributed by atoms with Crippen molar-refractivity contribution in [2.75, 3.05) is 19.6 Å². The summed E-state index contributed by atoms with van der Waals surface area (Å²) >= 11 is 0. The fourth-order valence-corrected chi connectivity index (χ4v) is 2.70. The molecule has 108 valence electrons. The summed E-state index contributed by atoms with van der Waals surface area (Å²) in [5, 5.41) is 14.9. The molecule has 0 aliphatic carbocycles. The van der Waals surface area contributed by atoms with Gasteiger partial charge in [-0.1, -0.05) is 0 Å². The molecule has 0 aromatic heterocycles. The number of rotatable bonds is 5. The van der Waals surface area contributed by atoms with Gasteiger partial charge in [0.15, 0.2) is 6.10 Å². The summed E-state index contributed by atoms with van der Waals surface area (Å²) in [6.45, 7) is 2.38. The summed E-state index contributed by atoms with van der Waals surface area (Å²) in [4.78, 5) is 22.5. The van der Waals surface area contributed by atoms with E-state index in [1.54, 1.807) is 0 Å². The number of hydrogen-bond donors (Lipinski definition) is 3. The van der Waals surface area contributed by atoms with Gasteiger partial charge in [0.25, 0.3) is 0 Å². The molecule has 6 nitrogen and oxygen atoms in total. The summed E-state index contributed by atoms with van der Waals surface area (Å²) < 4.78 is 5.34. The van der Waals surface area contributed by atoms with Crippen molar-refractivity contribution in [1.82, 2.24) is 10.6 Å². The molecule has 0 saturated carbocycles. The van der Waals surface area contributed by atoms with E-state index in [9.17, 15) is 9.59 Å². The van der Waals surface area contributed by atoms with Crippen LogP contribution in [0.15, 0.2) is 0 Å². The van der Waals surface area contributed by atoms with Crippen LogP contribution in [-0.4, -0.2) is 48.8 Å². The third-order valence-electron chi connectivity index (χ3n) is 3.78. The Kier molecular flexibility index (Phi) is 5.15. The Hall–Kier alpha value is -1.14. The monoisotopic (exact) mass is 270 g/mol. The van der Waals surface area contributed by atoms with Gasteiger partial charge in [0.2, 0.25) is 5.91 Å². The predicted molar refractivity (Wildman–Crippen MR) is 68.8 cm³/mol. The van der Waals surface area contributed by atoms with E-state index in [4.69, 9.17) is 9.84 Å².